The molecule has 0 aromatic carbocycles. The first-order valence-corrected chi connectivity index (χ1v) is 3.62. The molecule has 0 spiro atoms. The zero-order chi connectivity index (χ0) is 10.7. The summed E-state index contributed by atoms with van der Waals surface area (Å²) >= 11 is 0. The standard InChI is InChI=1S/C7H8F2N2O3/c1-11-5(6(8)9)4(3-10-11)14-7(12)13-2/h3,6H,1-2H3. The van der Waals surface area contributed by atoms with Crippen molar-refractivity contribution in [2.24, 2.45) is 7.05 Å². The summed E-state index contributed by atoms with van der Waals surface area (Å²) in [5, 5.41) is 3.53. The fraction of sp³-hybridized carbons (Fsp3) is 0.429. The lowest BCUT2D eigenvalue weighted by Crippen LogP contribution is -2.09. The smallest absolute Gasteiger partial charge is 0.437 e. The molecule has 0 N–H and O–H groups in total. The number of alkyl halides is 2. The van der Waals surface area contributed by atoms with Crippen molar-refractivity contribution in [2.45, 2.75) is 6.43 Å². The summed E-state index contributed by atoms with van der Waals surface area (Å²) in [7, 11) is 2.41. The maximum absolute atomic E-state index is 12.4. The average molecular weight is 206 g/mol. The molecule has 1 heterocycles. The molecule has 0 aliphatic heterocycles. The van der Waals surface area contributed by atoms with Gasteiger partial charge in [0.2, 0.25) is 0 Å². The number of ether oxygens (including phenoxy) is 2. The first kappa shape index (κ1) is 10.4. The number of methoxy groups -OCH3 is 1. The molecule has 0 unspecified atom stereocenters. The highest BCUT2D eigenvalue weighted by Gasteiger charge is 2.21. The van der Waals surface area contributed by atoms with E-state index in [9.17, 15) is 13.6 Å². The molecule has 0 saturated carbocycles. The second-order valence-electron chi connectivity index (χ2n) is 2.37. The third-order valence-corrected chi connectivity index (χ3v) is 1.52. The van der Waals surface area contributed by atoms with Crippen LogP contribution in [-0.4, -0.2) is 23.0 Å². The zero-order valence-electron chi connectivity index (χ0n) is 7.53. The Kier molecular flexibility index (Phi) is 3.00. The van der Waals surface area contributed by atoms with Crippen LogP contribution in [0.2, 0.25) is 0 Å². The van der Waals surface area contributed by atoms with Gasteiger partial charge in [0, 0.05) is 7.05 Å². The van der Waals surface area contributed by atoms with E-state index in [4.69, 9.17) is 0 Å². The Morgan fingerprint density at radius 3 is 2.79 bits per heavy atom. The van der Waals surface area contributed by atoms with E-state index in [1.165, 1.54) is 7.05 Å². The number of aryl methyl sites for hydroxylation is 1. The summed E-state index contributed by atoms with van der Waals surface area (Å²) in [5.74, 6) is -0.297. The van der Waals surface area contributed by atoms with E-state index in [1.54, 1.807) is 0 Å². The first-order chi connectivity index (χ1) is 6.56. The van der Waals surface area contributed by atoms with Crippen molar-refractivity contribution in [1.82, 2.24) is 9.78 Å². The summed E-state index contributed by atoms with van der Waals surface area (Å²) in [4.78, 5) is 10.6. The molecule has 5 nitrogen and oxygen atoms in total. The maximum atomic E-state index is 12.4. The Hall–Kier alpha value is -1.66. The normalized spacial score (nSPS) is 10.4. The third-order valence-electron chi connectivity index (χ3n) is 1.52. The summed E-state index contributed by atoms with van der Waals surface area (Å²) in [6, 6.07) is 0. The quantitative estimate of drug-likeness (QED) is 0.688. The summed E-state index contributed by atoms with van der Waals surface area (Å²) in [6.07, 6.45) is -2.79. The van der Waals surface area contributed by atoms with Crippen molar-refractivity contribution in [2.75, 3.05) is 7.11 Å². The lowest BCUT2D eigenvalue weighted by Gasteiger charge is -2.04. The number of aromatic nitrogens is 2. The van der Waals surface area contributed by atoms with Crippen LogP contribution < -0.4 is 4.74 Å². The van der Waals surface area contributed by atoms with Gasteiger partial charge in [0.1, 0.15) is 5.69 Å². The molecule has 14 heavy (non-hydrogen) atoms. The summed E-state index contributed by atoms with van der Waals surface area (Å²) in [5.41, 5.74) is -0.463. The van der Waals surface area contributed by atoms with E-state index in [0.29, 0.717) is 0 Å². The van der Waals surface area contributed by atoms with Crippen LogP contribution >= 0.6 is 0 Å². The van der Waals surface area contributed by atoms with Gasteiger partial charge in [-0.15, -0.1) is 0 Å². The molecule has 0 saturated heterocycles. The van der Waals surface area contributed by atoms with E-state index in [0.717, 1.165) is 18.0 Å². The molecular formula is C7H8F2N2O3. The van der Waals surface area contributed by atoms with Crippen molar-refractivity contribution in [3.63, 3.8) is 0 Å². The summed E-state index contributed by atoms with van der Waals surface area (Å²) in [6.45, 7) is 0. The molecule has 0 radical (unpaired) electrons. The fourth-order valence-corrected chi connectivity index (χ4v) is 0.886. The van der Waals surface area contributed by atoms with Crippen LogP contribution in [0.4, 0.5) is 13.6 Å². The molecule has 0 bridgehead atoms. The first-order valence-electron chi connectivity index (χ1n) is 3.62. The van der Waals surface area contributed by atoms with Gasteiger partial charge in [-0.2, -0.15) is 5.10 Å². The molecule has 0 aliphatic rings. The van der Waals surface area contributed by atoms with E-state index >= 15 is 0 Å². The van der Waals surface area contributed by atoms with Gasteiger partial charge in [-0.3, -0.25) is 4.68 Å². The van der Waals surface area contributed by atoms with Crippen molar-refractivity contribution < 1.29 is 23.0 Å². The van der Waals surface area contributed by atoms with Crippen LogP contribution in [0.3, 0.4) is 0 Å². The molecule has 1 rings (SSSR count). The minimum Gasteiger partial charge on any atom is -0.437 e. The number of nitrogens with zero attached hydrogens (tertiary/aromatic N) is 2. The largest absolute Gasteiger partial charge is 0.513 e. The topological polar surface area (TPSA) is 53.4 Å². The van der Waals surface area contributed by atoms with Crippen LogP contribution in [0.1, 0.15) is 12.1 Å². The van der Waals surface area contributed by atoms with Gasteiger partial charge in [-0.05, 0) is 0 Å². The Bertz CT molecular complexity index is 338. The highest BCUT2D eigenvalue weighted by atomic mass is 19.3. The molecule has 0 amide bonds. The van der Waals surface area contributed by atoms with Crippen molar-refractivity contribution in [3.05, 3.63) is 11.9 Å². The lowest BCUT2D eigenvalue weighted by molar-refractivity contribution is 0.113. The summed E-state index contributed by atoms with van der Waals surface area (Å²) < 4.78 is 34.3. The van der Waals surface area contributed by atoms with Crippen LogP contribution in [0.5, 0.6) is 5.75 Å². The third kappa shape index (κ3) is 1.98. The van der Waals surface area contributed by atoms with Crippen molar-refractivity contribution in [3.8, 4) is 5.75 Å². The number of halogens is 2. The predicted octanol–water partition coefficient (Wildman–Crippen LogP) is 1.50. The number of carbonyl (C=O) groups is 1. The molecule has 1 aromatic heterocycles. The Labute approximate surface area is 78.2 Å². The highest BCUT2D eigenvalue weighted by molar-refractivity contribution is 5.63. The Balaban J connectivity index is 2.92. The van der Waals surface area contributed by atoms with Gasteiger partial charge >= 0.3 is 6.16 Å². The SMILES string of the molecule is COC(=O)Oc1cnn(C)c1C(F)F. The molecule has 0 aliphatic carbocycles. The van der Waals surface area contributed by atoms with Gasteiger partial charge in [-0.1, -0.05) is 0 Å². The zero-order valence-corrected chi connectivity index (χ0v) is 7.53. The van der Waals surface area contributed by atoms with Crippen LogP contribution in [-0.2, 0) is 11.8 Å². The molecule has 0 atom stereocenters. The number of hydrogen-bond donors (Lipinski definition) is 0. The van der Waals surface area contributed by atoms with Crippen LogP contribution in [0, 0.1) is 0 Å². The van der Waals surface area contributed by atoms with Gasteiger partial charge < -0.3 is 9.47 Å². The molecule has 1 aromatic rings. The van der Waals surface area contributed by atoms with Gasteiger partial charge in [-0.25, -0.2) is 13.6 Å². The van der Waals surface area contributed by atoms with Crippen molar-refractivity contribution >= 4 is 6.16 Å². The maximum Gasteiger partial charge on any atom is 0.513 e. The minimum atomic E-state index is -2.76. The van der Waals surface area contributed by atoms with Crippen LogP contribution in [0.15, 0.2) is 6.20 Å². The van der Waals surface area contributed by atoms with Gasteiger partial charge in [0.05, 0.1) is 13.3 Å². The average Bonchev–Trinajstić information content (AvgIpc) is 2.46. The van der Waals surface area contributed by atoms with Crippen LogP contribution in [0.25, 0.3) is 0 Å². The predicted molar refractivity (Wildman–Crippen MR) is 41.2 cm³/mol. The number of rotatable bonds is 2. The van der Waals surface area contributed by atoms with Gasteiger partial charge in [0.25, 0.3) is 6.43 Å². The Morgan fingerprint density at radius 1 is 1.64 bits per heavy atom. The molecule has 78 valence electrons. The van der Waals surface area contributed by atoms with E-state index in [-0.39, 0.29) is 5.75 Å². The number of carbonyl (C=O) groups excluding carboxylic acids is 1. The Morgan fingerprint density at radius 2 is 2.29 bits per heavy atom. The fourth-order valence-electron chi connectivity index (χ4n) is 0.886. The molecular weight excluding hydrogens is 198 g/mol. The van der Waals surface area contributed by atoms with Crippen molar-refractivity contribution in [1.29, 1.82) is 0 Å². The van der Waals surface area contributed by atoms with Gasteiger partial charge in [0.15, 0.2) is 5.75 Å². The van der Waals surface area contributed by atoms with E-state index in [2.05, 4.69) is 14.6 Å². The second-order valence-corrected chi connectivity index (χ2v) is 2.37. The lowest BCUT2D eigenvalue weighted by atomic mass is 10.4. The molecule has 7 heteroatoms. The minimum absolute atomic E-state index is 0.297. The second kappa shape index (κ2) is 4.03. The molecule has 0 fully saturated rings. The van der Waals surface area contributed by atoms with E-state index < -0.39 is 18.3 Å². The van der Waals surface area contributed by atoms with E-state index in [1.807, 2.05) is 0 Å². The highest BCUT2D eigenvalue weighted by Crippen LogP contribution is 2.28. The number of hydrogen-bond acceptors (Lipinski definition) is 4. The monoisotopic (exact) mass is 206 g/mol.